The lowest BCUT2D eigenvalue weighted by molar-refractivity contribution is -0.137. The molecule has 0 radical (unpaired) electrons. The molecule has 0 spiro atoms. The van der Waals surface area contributed by atoms with Crippen LogP contribution in [0.1, 0.15) is 22.3 Å². The summed E-state index contributed by atoms with van der Waals surface area (Å²) in [4.78, 5) is 0. The zero-order valence-electron chi connectivity index (χ0n) is 11.3. The van der Waals surface area contributed by atoms with Gasteiger partial charge < -0.3 is 5.32 Å². The maximum atomic E-state index is 12.7. The Morgan fingerprint density at radius 1 is 1.14 bits per heavy atom. The highest BCUT2D eigenvalue weighted by Gasteiger charge is 2.33. The van der Waals surface area contributed by atoms with Crippen LogP contribution in [0.4, 0.5) is 18.9 Å². The van der Waals surface area contributed by atoms with E-state index in [0.29, 0.717) is 12.2 Å². The maximum Gasteiger partial charge on any atom is 0.417 e. The molecular formula is C16H13F3N2. The number of aryl methyl sites for hydroxylation is 1. The third-order valence-electron chi connectivity index (χ3n) is 3.19. The Balaban J connectivity index is 2.19. The Morgan fingerprint density at radius 3 is 2.48 bits per heavy atom. The molecule has 0 aliphatic heterocycles. The van der Waals surface area contributed by atoms with Gasteiger partial charge in [0.05, 0.1) is 17.2 Å². The standard InChI is InChI=1S/C16H13F3N2/c1-11-4-2-3-5-12(11)10-21-14-6-7-15(16(17,18)19)13(8-14)9-20/h2-8,21H,10H2,1H3. The van der Waals surface area contributed by atoms with E-state index in [2.05, 4.69) is 5.32 Å². The van der Waals surface area contributed by atoms with Gasteiger partial charge in [-0.25, -0.2) is 0 Å². The predicted molar refractivity (Wildman–Crippen MR) is 74.7 cm³/mol. The van der Waals surface area contributed by atoms with Gasteiger partial charge >= 0.3 is 6.18 Å². The Hall–Kier alpha value is -2.48. The first-order valence-electron chi connectivity index (χ1n) is 6.31. The minimum absolute atomic E-state index is 0.378. The number of hydrogen-bond donors (Lipinski definition) is 1. The van der Waals surface area contributed by atoms with Gasteiger partial charge in [-0.05, 0) is 36.2 Å². The summed E-state index contributed by atoms with van der Waals surface area (Å²) >= 11 is 0. The monoisotopic (exact) mass is 290 g/mol. The fraction of sp³-hybridized carbons (Fsp3) is 0.188. The molecule has 21 heavy (non-hydrogen) atoms. The molecule has 0 bridgehead atoms. The first-order valence-corrected chi connectivity index (χ1v) is 6.31. The molecule has 1 N–H and O–H groups in total. The number of benzene rings is 2. The Labute approximate surface area is 120 Å². The summed E-state index contributed by atoms with van der Waals surface area (Å²) in [5.74, 6) is 0. The minimum Gasteiger partial charge on any atom is -0.381 e. The van der Waals surface area contributed by atoms with Gasteiger partial charge in [-0.2, -0.15) is 18.4 Å². The number of nitrogens with zero attached hydrogens (tertiary/aromatic N) is 1. The molecule has 0 aliphatic carbocycles. The molecule has 2 aromatic carbocycles. The molecule has 0 amide bonds. The average Bonchev–Trinajstić information content (AvgIpc) is 2.45. The number of halogens is 3. The maximum absolute atomic E-state index is 12.7. The largest absolute Gasteiger partial charge is 0.417 e. The predicted octanol–water partition coefficient (Wildman–Crippen LogP) is 4.50. The third kappa shape index (κ3) is 3.54. The first kappa shape index (κ1) is 14.9. The van der Waals surface area contributed by atoms with E-state index in [0.717, 1.165) is 17.2 Å². The Morgan fingerprint density at radius 2 is 1.86 bits per heavy atom. The number of nitrogens with one attached hydrogen (secondary N) is 1. The molecule has 2 rings (SSSR count). The zero-order chi connectivity index (χ0) is 15.5. The SMILES string of the molecule is Cc1ccccc1CNc1ccc(C(F)(F)F)c(C#N)c1. The van der Waals surface area contributed by atoms with Crippen LogP contribution in [0.3, 0.4) is 0 Å². The summed E-state index contributed by atoms with van der Waals surface area (Å²) in [5.41, 5.74) is 1.35. The van der Waals surface area contributed by atoms with Crippen LogP contribution in [0.15, 0.2) is 42.5 Å². The molecule has 0 saturated carbocycles. The van der Waals surface area contributed by atoms with Crippen LogP contribution in [0.5, 0.6) is 0 Å². The van der Waals surface area contributed by atoms with Gasteiger partial charge in [0, 0.05) is 12.2 Å². The van der Waals surface area contributed by atoms with Crippen molar-refractivity contribution >= 4 is 5.69 Å². The molecule has 0 aliphatic rings. The van der Waals surface area contributed by atoms with Crippen molar-refractivity contribution in [3.8, 4) is 6.07 Å². The van der Waals surface area contributed by atoms with Crippen LogP contribution >= 0.6 is 0 Å². The molecule has 2 aromatic rings. The topological polar surface area (TPSA) is 35.8 Å². The summed E-state index contributed by atoms with van der Waals surface area (Å²) < 4.78 is 38.1. The van der Waals surface area contributed by atoms with E-state index in [1.807, 2.05) is 31.2 Å². The molecule has 0 aromatic heterocycles. The average molecular weight is 290 g/mol. The van der Waals surface area contributed by atoms with Crippen LogP contribution in [0.25, 0.3) is 0 Å². The van der Waals surface area contributed by atoms with E-state index in [4.69, 9.17) is 5.26 Å². The smallest absolute Gasteiger partial charge is 0.381 e. The van der Waals surface area contributed by atoms with Crippen LogP contribution in [-0.2, 0) is 12.7 Å². The molecular weight excluding hydrogens is 277 g/mol. The van der Waals surface area contributed by atoms with Crippen molar-refractivity contribution in [3.63, 3.8) is 0 Å². The molecule has 108 valence electrons. The van der Waals surface area contributed by atoms with Gasteiger partial charge in [-0.3, -0.25) is 0 Å². The molecule has 5 heteroatoms. The summed E-state index contributed by atoms with van der Waals surface area (Å²) in [7, 11) is 0. The van der Waals surface area contributed by atoms with Gasteiger partial charge in [0.2, 0.25) is 0 Å². The van der Waals surface area contributed by atoms with Gasteiger partial charge in [-0.15, -0.1) is 0 Å². The van der Waals surface area contributed by atoms with Crippen LogP contribution in [-0.4, -0.2) is 0 Å². The third-order valence-corrected chi connectivity index (χ3v) is 3.19. The lowest BCUT2D eigenvalue weighted by atomic mass is 10.1. The van der Waals surface area contributed by atoms with Gasteiger partial charge in [0.25, 0.3) is 0 Å². The minimum atomic E-state index is -4.51. The lowest BCUT2D eigenvalue weighted by Crippen LogP contribution is -2.09. The quantitative estimate of drug-likeness (QED) is 0.903. The van der Waals surface area contributed by atoms with Crippen molar-refractivity contribution < 1.29 is 13.2 Å². The number of anilines is 1. The van der Waals surface area contributed by atoms with Gasteiger partial charge in [0.15, 0.2) is 0 Å². The van der Waals surface area contributed by atoms with E-state index < -0.39 is 11.7 Å². The van der Waals surface area contributed by atoms with Crippen molar-refractivity contribution in [3.05, 3.63) is 64.7 Å². The molecule has 0 fully saturated rings. The lowest BCUT2D eigenvalue weighted by Gasteiger charge is -2.12. The normalized spacial score (nSPS) is 11.0. The second-order valence-electron chi connectivity index (χ2n) is 4.65. The molecule has 0 atom stereocenters. The number of hydrogen-bond acceptors (Lipinski definition) is 2. The Bertz CT molecular complexity index is 685. The number of nitriles is 1. The van der Waals surface area contributed by atoms with E-state index in [9.17, 15) is 13.2 Å². The summed E-state index contributed by atoms with van der Waals surface area (Å²) in [6.45, 7) is 2.45. The number of alkyl halides is 3. The number of rotatable bonds is 3. The molecule has 0 saturated heterocycles. The second kappa shape index (κ2) is 5.88. The fourth-order valence-electron chi connectivity index (χ4n) is 2.00. The van der Waals surface area contributed by atoms with Crippen molar-refractivity contribution in [1.82, 2.24) is 0 Å². The van der Waals surface area contributed by atoms with E-state index in [1.165, 1.54) is 12.1 Å². The highest BCUT2D eigenvalue weighted by molar-refractivity contribution is 5.54. The van der Waals surface area contributed by atoms with E-state index >= 15 is 0 Å². The fourth-order valence-corrected chi connectivity index (χ4v) is 2.00. The van der Waals surface area contributed by atoms with Crippen LogP contribution in [0.2, 0.25) is 0 Å². The van der Waals surface area contributed by atoms with Crippen molar-refractivity contribution in [2.75, 3.05) is 5.32 Å². The highest BCUT2D eigenvalue weighted by atomic mass is 19.4. The van der Waals surface area contributed by atoms with Crippen LogP contribution in [0, 0.1) is 18.3 Å². The van der Waals surface area contributed by atoms with Gasteiger partial charge in [0.1, 0.15) is 0 Å². The van der Waals surface area contributed by atoms with Crippen LogP contribution < -0.4 is 5.32 Å². The molecule has 2 nitrogen and oxygen atoms in total. The highest BCUT2D eigenvalue weighted by Crippen LogP contribution is 2.33. The molecule has 0 heterocycles. The van der Waals surface area contributed by atoms with Crippen molar-refractivity contribution in [1.29, 1.82) is 5.26 Å². The molecule has 0 unspecified atom stereocenters. The zero-order valence-corrected chi connectivity index (χ0v) is 11.3. The summed E-state index contributed by atoms with van der Waals surface area (Å²) in [5, 5.41) is 11.9. The Kier molecular flexibility index (Phi) is 4.18. The first-order chi connectivity index (χ1) is 9.91. The van der Waals surface area contributed by atoms with Crippen molar-refractivity contribution in [2.45, 2.75) is 19.6 Å². The summed E-state index contributed by atoms with van der Waals surface area (Å²) in [6, 6.07) is 12.8. The van der Waals surface area contributed by atoms with Gasteiger partial charge in [-0.1, -0.05) is 24.3 Å². The van der Waals surface area contributed by atoms with E-state index in [1.54, 1.807) is 6.07 Å². The van der Waals surface area contributed by atoms with E-state index in [-0.39, 0.29) is 5.56 Å². The second-order valence-corrected chi connectivity index (χ2v) is 4.65. The van der Waals surface area contributed by atoms with Crippen molar-refractivity contribution in [2.24, 2.45) is 0 Å². The summed E-state index contributed by atoms with van der Waals surface area (Å²) in [6.07, 6.45) is -4.51.